The Labute approximate surface area is 157 Å². The Morgan fingerprint density at radius 1 is 1.11 bits per heavy atom. The number of benzene rings is 2. The number of hydrogen-bond donors (Lipinski definition) is 2. The first-order valence-corrected chi connectivity index (χ1v) is 8.92. The summed E-state index contributed by atoms with van der Waals surface area (Å²) in [5.41, 5.74) is 9.56. The van der Waals surface area contributed by atoms with Gasteiger partial charge in [0.1, 0.15) is 5.75 Å². The van der Waals surface area contributed by atoms with Gasteiger partial charge in [-0.15, -0.1) is 0 Å². The Hall–Kier alpha value is -3.34. The van der Waals surface area contributed by atoms with Crippen molar-refractivity contribution in [1.82, 2.24) is 9.97 Å². The fourth-order valence-corrected chi connectivity index (χ4v) is 3.66. The number of ether oxygens (including phenoxy) is 1. The molecule has 0 fully saturated rings. The van der Waals surface area contributed by atoms with Crippen molar-refractivity contribution in [1.29, 1.82) is 0 Å². The van der Waals surface area contributed by atoms with Gasteiger partial charge < -0.3 is 15.5 Å². The first-order chi connectivity index (χ1) is 13.2. The third-order valence-electron chi connectivity index (χ3n) is 4.93. The topological polar surface area (TPSA) is 81.0 Å². The molecule has 1 amide bonds. The van der Waals surface area contributed by atoms with Gasteiger partial charge in [0.2, 0.25) is 5.91 Å². The predicted molar refractivity (Wildman–Crippen MR) is 107 cm³/mol. The molecule has 0 aliphatic heterocycles. The highest BCUT2D eigenvalue weighted by Gasteiger charge is 2.21. The summed E-state index contributed by atoms with van der Waals surface area (Å²) in [6.45, 7) is 0. The molecule has 2 aromatic carbocycles. The normalized spacial score (nSPS) is 12.3. The van der Waals surface area contributed by atoms with Gasteiger partial charge in [-0.3, -0.25) is 9.78 Å². The lowest BCUT2D eigenvalue weighted by molar-refractivity contribution is -0.118. The van der Waals surface area contributed by atoms with Crippen LogP contribution >= 0.6 is 0 Å². The van der Waals surface area contributed by atoms with Crippen LogP contribution < -0.4 is 10.5 Å². The fourth-order valence-electron chi connectivity index (χ4n) is 3.66. The third kappa shape index (κ3) is 3.36. The zero-order valence-electron chi connectivity index (χ0n) is 15.1. The number of nitrogens with one attached hydrogen (secondary N) is 1. The molecule has 2 heterocycles. The van der Waals surface area contributed by atoms with Crippen molar-refractivity contribution < 1.29 is 9.53 Å². The summed E-state index contributed by atoms with van der Waals surface area (Å²) in [6, 6.07) is 18.0. The van der Waals surface area contributed by atoms with Gasteiger partial charge in [0, 0.05) is 34.8 Å². The number of carbonyl (C=O) groups is 1. The van der Waals surface area contributed by atoms with Crippen LogP contribution in [0, 0.1) is 0 Å². The molecule has 27 heavy (non-hydrogen) atoms. The van der Waals surface area contributed by atoms with Crippen LogP contribution in [0.3, 0.4) is 0 Å². The number of rotatable bonds is 6. The van der Waals surface area contributed by atoms with Crippen molar-refractivity contribution in [2.75, 3.05) is 7.11 Å². The van der Waals surface area contributed by atoms with E-state index >= 15 is 0 Å². The van der Waals surface area contributed by atoms with Crippen molar-refractivity contribution in [3.05, 3.63) is 72.1 Å². The quantitative estimate of drug-likeness (QED) is 0.547. The van der Waals surface area contributed by atoms with E-state index in [9.17, 15) is 4.79 Å². The maximum Gasteiger partial charge on any atom is 0.218 e. The largest absolute Gasteiger partial charge is 0.497 e. The summed E-state index contributed by atoms with van der Waals surface area (Å²) < 4.78 is 5.22. The first kappa shape index (κ1) is 17.1. The average Bonchev–Trinajstić information content (AvgIpc) is 3.06. The molecule has 0 radical (unpaired) electrons. The van der Waals surface area contributed by atoms with Crippen LogP contribution in [0.25, 0.3) is 21.8 Å². The third-order valence-corrected chi connectivity index (χ3v) is 4.93. The molecule has 2 aromatic heterocycles. The first-order valence-electron chi connectivity index (χ1n) is 8.92. The number of primary amides is 1. The number of aromatic amines is 1. The van der Waals surface area contributed by atoms with Crippen molar-refractivity contribution in [2.24, 2.45) is 5.73 Å². The van der Waals surface area contributed by atoms with E-state index in [0.717, 1.165) is 38.8 Å². The van der Waals surface area contributed by atoms with E-state index in [4.69, 9.17) is 10.5 Å². The molecule has 5 nitrogen and oxygen atoms in total. The minimum Gasteiger partial charge on any atom is -0.497 e. The lowest BCUT2D eigenvalue weighted by atomic mass is 9.91. The summed E-state index contributed by atoms with van der Waals surface area (Å²) in [4.78, 5) is 19.8. The maximum atomic E-state index is 11.7. The molecule has 0 saturated carbocycles. The van der Waals surface area contributed by atoms with E-state index < -0.39 is 0 Å². The number of methoxy groups -OCH3 is 1. The molecule has 0 spiro atoms. The van der Waals surface area contributed by atoms with Crippen molar-refractivity contribution in [3.8, 4) is 5.75 Å². The Kier molecular flexibility index (Phi) is 4.50. The predicted octanol–water partition coefficient (Wildman–Crippen LogP) is 3.93. The summed E-state index contributed by atoms with van der Waals surface area (Å²) >= 11 is 0. The number of para-hydroxylation sites is 1. The van der Waals surface area contributed by atoms with Crippen LogP contribution in [0.1, 0.15) is 23.6 Å². The highest BCUT2D eigenvalue weighted by molar-refractivity contribution is 6.07. The lowest BCUT2D eigenvalue weighted by Gasteiger charge is -2.16. The Morgan fingerprint density at radius 2 is 1.89 bits per heavy atom. The molecule has 0 unspecified atom stereocenters. The number of H-pyrrole nitrogens is 1. The van der Waals surface area contributed by atoms with Crippen molar-refractivity contribution >= 4 is 27.7 Å². The molecule has 0 aliphatic carbocycles. The van der Waals surface area contributed by atoms with Crippen LogP contribution in [0.2, 0.25) is 0 Å². The summed E-state index contributed by atoms with van der Waals surface area (Å²) in [5, 5.41) is 2.26. The SMILES string of the molecule is COc1ccc(C[C@H](CC(N)=O)c2nccc3c2[nH]c2ccccc23)cc1. The van der Waals surface area contributed by atoms with Gasteiger partial charge >= 0.3 is 0 Å². The number of amides is 1. The van der Waals surface area contributed by atoms with Crippen LogP contribution in [0.4, 0.5) is 0 Å². The van der Waals surface area contributed by atoms with Gasteiger partial charge in [0.05, 0.1) is 18.3 Å². The van der Waals surface area contributed by atoms with Gasteiger partial charge in [0.25, 0.3) is 0 Å². The molecule has 4 aromatic rings. The van der Waals surface area contributed by atoms with Crippen LogP contribution in [0.5, 0.6) is 5.75 Å². The molecule has 0 saturated heterocycles. The molecule has 1 atom stereocenters. The standard InChI is InChI=1S/C22H21N3O2/c1-27-16-8-6-14(7-9-16)12-15(13-20(23)26)21-22-18(10-11-24-21)17-4-2-3-5-19(17)25-22/h2-11,15,25H,12-13H2,1H3,(H2,23,26)/t15-/m1/s1. The van der Waals surface area contributed by atoms with Crippen molar-refractivity contribution in [3.63, 3.8) is 0 Å². The summed E-state index contributed by atoms with van der Waals surface area (Å²) in [6.07, 6.45) is 2.72. The zero-order valence-corrected chi connectivity index (χ0v) is 15.1. The summed E-state index contributed by atoms with van der Waals surface area (Å²) in [5.74, 6) is 0.372. The summed E-state index contributed by atoms with van der Waals surface area (Å²) in [7, 11) is 1.64. The maximum absolute atomic E-state index is 11.7. The second-order valence-corrected chi connectivity index (χ2v) is 6.71. The van der Waals surface area contributed by atoms with Crippen molar-refractivity contribution in [2.45, 2.75) is 18.8 Å². The van der Waals surface area contributed by atoms with Gasteiger partial charge in [-0.1, -0.05) is 30.3 Å². The second kappa shape index (κ2) is 7.11. The molecule has 0 bridgehead atoms. The number of hydrogen-bond acceptors (Lipinski definition) is 3. The highest BCUT2D eigenvalue weighted by Crippen LogP contribution is 2.32. The number of fused-ring (bicyclic) bond motifs is 3. The monoisotopic (exact) mass is 359 g/mol. The molecular formula is C22H21N3O2. The van der Waals surface area contributed by atoms with Crippen LogP contribution in [0.15, 0.2) is 60.8 Å². The molecule has 0 aliphatic rings. The van der Waals surface area contributed by atoms with Gasteiger partial charge in [-0.25, -0.2) is 0 Å². The average molecular weight is 359 g/mol. The second-order valence-electron chi connectivity index (χ2n) is 6.71. The fraction of sp³-hybridized carbons (Fsp3) is 0.182. The van der Waals surface area contributed by atoms with E-state index in [0.29, 0.717) is 6.42 Å². The smallest absolute Gasteiger partial charge is 0.218 e. The Balaban J connectivity index is 1.78. The Morgan fingerprint density at radius 3 is 2.63 bits per heavy atom. The molecule has 5 heteroatoms. The number of nitrogens with zero attached hydrogens (tertiary/aromatic N) is 1. The molecular weight excluding hydrogens is 338 g/mol. The van der Waals surface area contributed by atoms with Crippen LogP contribution in [-0.2, 0) is 11.2 Å². The number of carbonyl (C=O) groups excluding carboxylic acids is 1. The number of pyridine rings is 1. The zero-order chi connectivity index (χ0) is 18.8. The van der Waals surface area contributed by atoms with E-state index in [1.165, 1.54) is 0 Å². The minimum atomic E-state index is -0.330. The molecule has 4 rings (SSSR count). The minimum absolute atomic E-state index is 0.104. The highest BCUT2D eigenvalue weighted by atomic mass is 16.5. The number of aromatic nitrogens is 2. The number of nitrogens with two attached hydrogens (primary N) is 1. The van der Waals surface area contributed by atoms with Gasteiger partial charge in [0.15, 0.2) is 0 Å². The van der Waals surface area contributed by atoms with E-state index in [2.05, 4.69) is 16.0 Å². The molecule has 3 N–H and O–H groups in total. The van der Waals surface area contributed by atoms with Gasteiger partial charge in [-0.2, -0.15) is 0 Å². The Bertz CT molecular complexity index is 1100. The van der Waals surface area contributed by atoms with E-state index in [1.807, 2.05) is 48.5 Å². The lowest BCUT2D eigenvalue weighted by Crippen LogP contribution is -2.18. The molecule has 136 valence electrons. The van der Waals surface area contributed by atoms with E-state index in [-0.39, 0.29) is 18.2 Å². The van der Waals surface area contributed by atoms with E-state index in [1.54, 1.807) is 13.3 Å². The van der Waals surface area contributed by atoms with Gasteiger partial charge in [-0.05, 0) is 36.2 Å². The van der Waals surface area contributed by atoms with Crippen LogP contribution in [-0.4, -0.2) is 23.0 Å².